The number of carbonyl (C=O) groups is 1. The first-order chi connectivity index (χ1) is 11.5. The van der Waals surface area contributed by atoms with Crippen molar-refractivity contribution < 1.29 is 9.90 Å². The van der Waals surface area contributed by atoms with E-state index < -0.39 is 11.9 Å². The van der Waals surface area contributed by atoms with Crippen molar-refractivity contribution in [2.24, 2.45) is 5.73 Å². The Labute approximate surface area is 150 Å². The van der Waals surface area contributed by atoms with Gasteiger partial charge in [-0.3, -0.25) is 10.2 Å². The summed E-state index contributed by atoms with van der Waals surface area (Å²) in [7, 11) is 0. The molecule has 3 aromatic carbocycles. The van der Waals surface area contributed by atoms with E-state index >= 15 is 0 Å². The smallest absolute Gasteiger partial charge is 0.268 e. The number of guanidine groups is 1. The van der Waals surface area contributed by atoms with Crippen LogP contribution in [0.2, 0.25) is 0 Å². The summed E-state index contributed by atoms with van der Waals surface area (Å²) in [6.07, 6.45) is 0. The molecule has 25 heavy (non-hydrogen) atoms. The number of nitrogens with one attached hydrogen (secondary N) is 1. The van der Waals surface area contributed by atoms with Gasteiger partial charge in [0.05, 0.1) is 11.3 Å². The molecule has 0 aromatic heterocycles. The van der Waals surface area contributed by atoms with Gasteiger partial charge in [0.2, 0.25) is 0 Å². The average molecular weight is 357 g/mol. The predicted molar refractivity (Wildman–Crippen MR) is 102 cm³/mol. The highest BCUT2D eigenvalue weighted by Gasteiger charge is 2.23. The molecule has 0 bridgehead atoms. The first-order valence-corrected chi connectivity index (χ1v) is 7.23. The predicted octanol–water partition coefficient (Wildman–Crippen LogP) is 3.09. The maximum atomic E-state index is 12.9. The van der Waals surface area contributed by atoms with E-state index in [2.05, 4.69) is 0 Å². The number of hydrogen-bond donors (Lipinski definition) is 4. The van der Waals surface area contributed by atoms with E-state index in [1.165, 1.54) is 6.07 Å². The standard InChI is InChI=1S/C18H16N4O2.ClH/c19-13-5-7-14(8-6-13)22(18(20)21)17(24)15-9-11-3-1-2-4-12(11)10-16(15)23;/h1-10,23H,19H2,(H3,20,21);1H. The highest BCUT2D eigenvalue weighted by Crippen LogP contribution is 2.28. The van der Waals surface area contributed by atoms with Crippen molar-refractivity contribution in [1.29, 1.82) is 5.41 Å². The fourth-order valence-corrected chi connectivity index (χ4v) is 2.51. The summed E-state index contributed by atoms with van der Waals surface area (Å²) in [5.74, 6) is -1.20. The van der Waals surface area contributed by atoms with Gasteiger partial charge in [0, 0.05) is 5.69 Å². The van der Waals surface area contributed by atoms with Crippen molar-refractivity contribution in [2.45, 2.75) is 0 Å². The van der Waals surface area contributed by atoms with Gasteiger partial charge in [-0.2, -0.15) is 0 Å². The van der Waals surface area contributed by atoms with Gasteiger partial charge in [0.15, 0.2) is 5.96 Å². The lowest BCUT2D eigenvalue weighted by atomic mass is 10.0. The number of nitrogens with zero attached hydrogens (tertiary/aromatic N) is 1. The lowest BCUT2D eigenvalue weighted by Crippen LogP contribution is -2.41. The quantitative estimate of drug-likeness (QED) is 0.320. The Morgan fingerprint density at radius 2 is 1.56 bits per heavy atom. The lowest BCUT2D eigenvalue weighted by molar-refractivity contribution is 0.0999. The molecule has 0 aliphatic rings. The van der Waals surface area contributed by atoms with E-state index in [1.54, 1.807) is 30.3 Å². The Morgan fingerprint density at radius 1 is 1.00 bits per heavy atom. The fourth-order valence-electron chi connectivity index (χ4n) is 2.51. The van der Waals surface area contributed by atoms with Crippen molar-refractivity contribution in [3.8, 4) is 5.75 Å². The third-order valence-electron chi connectivity index (χ3n) is 3.69. The summed E-state index contributed by atoms with van der Waals surface area (Å²) in [5.41, 5.74) is 12.2. The Balaban J connectivity index is 0.00000225. The number of halogens is 1. The molecule has 6 N–H and O–H groups in total. The highest BCUT2D eigenvalue weighted by atomic mass is 35.5. The summed E-state index contributed by atoms with van der Waals surface area (Å²) < 4.78 is 0. The van der Waals surface area contributed by atoms with Gasteiger partial charge in [-0.15, -0.1) is 12.4 Å². The zero-order chi connectivity index (χ0) is 17.3. The van der Waals surface area contributed by atoms with E-state index in [4.69, 9.17) is 16.9 Å². The van der Waals surface area contributed by atoms with Crippen molar-refractivity contribution >= 4 is 46.4 Å². The molecule has 0 heterocycles. The third kappa shape index (κ3) is 3.49. The molecule has 0 saturated heterocycles. The molecule has 0 radical (unpaired) electrons. The monoisotopic (exact) mass is 356 g/mol. The fraction of sp³-hybridized carbons (Fsp3) is 0. The molecule has 0 atom stereocenters. The molecular weight excluding hydrogens is 340 g/mol. The highest BCUT2D eigenvalue weighted by molar-refractivity contribution is 6.22. The number of anilines is 2. The second-order valence-electron chi connectivity index (χ2n) is 5.33. The topological polar surface area (TPSA) is 116 Å². The van der Waals surface area contributed by atoms with Crippen LogP contribution in [0.25, 0.3) is 10.8 Å². The van der Waals surface area contributed by atoms with E-state index in [9.17, 15) is 9.90 Å². The Kier molecular flexibility index (Phi) is 5.14. The SMILES string of the molecule is Cl.N=C(N)N(C(=O)c1cc2ccccc2cc1O)c1ccc(N)cc1. The summed E-state index contributed by atoms with van der Waals surface area (Å²) >= 11 is 0. The number of nitrogen functional groups attached to an aromatic ring is 1. The normalized spacial score (nSPS) is 10.1. The van der Waals surface area contributed by atoms with Crippen LogP contribution in [-0.4, -0.2) is 17.0 Å². The van der Waals surface area contributed by atoms with Crippen LogP contribution in [0.3, 0.4) is 0 Å². The summed E-state index contributed by atoms with van der Waals surface area (Å²) in [4.78, 5) is 13.9. The molecule has 1 amide bonds. The molecular formula is C18H17ClN4O2. The van der Waals surface area contributed by atoms with E-state index in [-0.39, 0.29) is 23.7 Å². The number of carbonyl (C=O) groups excluding carboxylic acids is 1. The van der Waals surface area contributed by atoms with Crippen LogP contribution in [0, 0.1) is 5.41 Å². The Bertz CT molecular complexity index is 941. The van der Waals surface area contributed by atoms with Crippen molar-refractivity contribution in [3.05, 3.63) is 66.2 Å². The summed E-state index contributed by atoms with van der Waals surface area (Å²) in [6.45, 7) is 0. The minimum Gasteiger partial charge on any atom is -0.507 e. The zero-order valence-electron chi connectivity index (χ0n) is 13.1. The van der Waals surface area contributed by atoms with Crippen LogP contribution >= 0.6 is 12.4 Å². The molecule has 0 spiro atoms. The van der Waals surface area contributed by atoms with E-state index in [0.29, 0.717) is 11.4 Å². The van der Waals surface area contributed by atoms with Gasteiger partial charge in [-0.25, -0.2) is 4.90 Å². The van der Waals surface area contributed by atoms with Crippen LogP contribution in [0.4, 0.5) is 11.4 Å². The molecule has 0 aliphatic carbocycles. The largest absolute Gasteiger partial charge is 0.507 e. The van der Waals surface area contributed by atoms with Crippen molar-refractivity contribution in [3.63, 3.8) is 0 Å². The lowest BCUT2D eigenvalue weighted by Gasteiger charge is -2.21. The number of rotatable bonds is 2. The van der Waals surface area contributed by atoms with E-state index in [1.807, 2.05) is 24.3 Å². The molecule has 3 rings (SSSR count). The van der Waals surface area contributed by atoms with Gasteiger partial charge < -0.3 is 16.6 Å². The number of benzene rings is 3. The van der Waals surface area contributed by atoms with Crippen LogP contribution in [0.15, 0.2) is 60.7 Å². The summed E-state index contributed by atoms with van der Waals surface area (Å²) in [6, 6.07) is 16.9. The molecule has 0 saturated carbocycles. The minimum atomic E-state index is -0.587. The van der Waals surface area contributed by atoms with Crippen LogP contribution in [0.5, 0.6) is 5.75 Å². The first kappa shape index (κ1) is 18.1. The van der Waals surface area contributed by atoms with Crippen LogP contribution < -0.4 is 16.4 Å². The number of hydrogen-bond acceptors (Lipinski definition) is 4. The molecule has 0 fully saturated rings. The van der Waals surface area contributed by atoms with Crippen LogP contribution in [0.1, 0.15) is 10.4 Å². The minimum absolute atomic E-state index is 0. The van der Waals surface area contributed by atoms with Gasteiger partial charge >= 0.3 is 0 Å². The number of nitrogens with two attached hydrogens (primary N) is 2. The second-order valence-corrected chi connectivity index (χ2v) is 5.33. The van der Waals surface area contributed by atoms with E-state index in [0.717, 1.165) is 15.7 Å². The molecule has 3 aromatic rings. The number of aromatic hydroxyl groups is 1. The average Bonchev–Trinajstić information content (AvgIpc) is 2.55. The zero-order valence-corrected chi connectivity index (χ0v) is 14.0. The summed E-state index contributed by atoms with van der Waals surface area (Å²) in [5, 5.41) is 19.6. The molecule has 128 valence electrons. The Hall–Kier alpha value is -3.25. The van der Waals surface area contributed by atoms with Gasteiger partial charge in [0.25, 0.3) is 5.91 Å². The van der Waals surface area contributed by atoms with Crippen molar-refractivity contribution in [1.82, 2.24) is 0 Å². The molecule has 0 aliphatic heterocycles. The van der Waals surface area contributed by atoms with Crippen molar-refractivity contribution in [2.75, 3.05) is 10.6 Å². The van der Waals surface area contributed by atoms with Crippen LogP contribution in [-0.2, 0) is 0 Å². The maximum Gasteiger partial charge on any atom is 0.268 e. The number of amides is 1. The number of fused-ring (bicyclic) bond motifs is 1. The number of phenolic OH excluding ortho intramolecular Hbond substituents is 1. The van der Waals surface area contributed by atoms with Gasteiger partial charge in [-0.1, -0.05) is 24.3 Å². The van der Waals surface area contributed by atoms with Gasteiger partial charge in [-0.05, 0) is 47.2 Å². The number of phenols is 1. The first-order valence-electron chi connectivity index (χ1n) is 7.23. The maximum absolute atomic E-state index is 12.9. The molecule has 6 nitrogen and oxygen atoms in total. The third-order valence-corrected chi connectivity index (χ3v) is 3.69. The van der Waals surface area contributed by atoms with Gasteiger partial charge in [0.1, 0.15) is 5.75 Å². The molecule has 0 unspecified atom stereocenters. The Morgan fingerprint density at radius 3 is 2.12 bits per heavy atom. The second kappa shape index (κ2) is 7.11. The molecule has 7 heteroatoms.